The molecule has 112 valence electrons. The first-order valence-corrected chi connectivity index (χ1v) is 7.62. The molecule has 2 N–H and O–H groups in total. The van der Waals surface area contributed by atoms with E-state index in [2.05, 4.69) is 45.0 Å². The predicted molar refractivity (Wildman–Crippen MR) is 88.7 cm³/mol. The van der Waals surface area contributed by atoms with Crippen molar-refractivity contribution in [1.82, 2.24) is 0 Å². The van der Waals surface area contributed by atoms with Gasteiger partial charge in [0.25, 0.3) is 0 Å². The van der Waals surface area contributed by atoms with E-state index >= 15 is 0 Å². The molecule has 0 aliphatic heterocycles. The van der Waals surface area contributed by atoms with Crippen LogP contribution in [0.3, 0.4) is 0 Å². The molecule has 1 unspecified atom stereocenters. The summed E-state index contributed by atoms with van der Waals surface area (Å²) in [5.74, 6) is 0.944. The number of hydrogen-bond acceptors (Lipinski definition) is 2. The maximum absolute atomic E-state index is 6.06. The zero-order chi connectivity index (χ0) is 15.2. The van der Waals surface area contributed by atoms with Gasteiger partial charge in [-0.05, 0) is 55.0 Å². The van der Waals surface area contributed by atoms with Crippen molar-refractivity contribution in [3.8, 4) is 5.75 Å². The van der Waals surface area contributed by atoms with Crippen LogP contribution in [0, 0.1) is 13.8 Å². The number of rotatable bonds is 6. The minimum Gasteiger partial charge on any atom is -0.489 e. The highest BCUT2D eigenvalue weighted by Crippen LogP contribution is 2.21. The number of para-hydroxylation sites is 1. The van der Waals surface area contributed by atoms with Crippen molar-refractivity contribution in [2.24, 2.45) is 5.73 Å². The van der Waals surface area contributed by atoms with E-state index in [-0.39, 0.29) is 6.04 Å². The van der Waals surface area contributed by atoms with Gasteiger partial charge in [-0.15, -0.1) is 0 Å². The molecule has 1 atom stereocenters. The van der Waals surface area contributed by atoms with Gasteiger partial charge in [-0.1, -0.05) is 43.3 Å². The Kier molecular flexibility index (Phi) is 5.40. The Balaban J connectivity index is 2.07. The topological polar surface area (TPSA) is 35.2 Å². The Bertz CT molecular complexity index is 592. The number of nitrogens with two attached hydrogens (primary N) is 1. The first-order valence-electron chi connectivity index (χ1n) is 7.62. The van der Waals surface area contributed by atoms with E-state index in [0.717, 1.165) is 18.6 Å². The first kappa shape index (κ1) is 15.6. The molecule has 0 amide bonds. The number of benzene rings is 2. The van der Waals surface area contributed by atoms with Gasteiger partial charge >= 0.3 is 0 Å². The first-order chi connectivity index (χ1) is 10.1. The summed E-state index contributed by atoms with van der Waals surface area (Å²) in [5.41, 5.74) is 11.1. The van der Waals surface area contributed by atoms with E-state index in [0.29, 0.717) is 6.61 Å². The molecule has 2 heteroatoms. The van der Waals surface area contributed by atoms with Crippen LogP contribution in [0.1, 0.15) is 35.6 Å². The summed E-state index contributed by atoms with van der Waals surface area (Å²) >= 11 is 0. The molecule has 0 saturated heterocycles. The van der Waals surface area contributed by atoms with Crippen molar-refractivity contribution in [3.63, 3.8) is 0 Å². The largest absolute Gasteiger partial charge is 0.489 e. The average molecular weight is 283 g/mol. The van der Waals surface area contributed by atoms with Crippen LogP contribution >= 0.6 is 0 Å². The Morgan fingerprint density at radius 2 is 1.81 bits per heavy atom. The summed E-state index contributed by atoms with van der Waals surface area (Å²) in [4.78, 5) is 0. The van der Waals surface area contributed by atoms with E-state index < -0.39 is 0 Å². The lowest BCUT2D eigenvalue weighted by Gasteiger charge is -2.14. The molecular formula is C19H25NO. The Hall–Kier alpha value is -1.80. The third-order valence-corrected chi connectivity index (χ3v) is 3.94. The Morgan fingerprint density at radius 3 is 2.52 bits per heavy atom. The third-order valence-electron chi connectivity index (χ3n) is 3.94. The standard InChI is InChI=1S/C19H25NO/c1-4-18(20)12-17-7-5-6-8-19(17)21-13-16-10-9-14(2)15(3)11-16/h5-11,18H,4,12-13,20H2,1-3H3. The lowest BCUT2D eigenvalue weighted by atomic mass is 10.0. The molecule has 0 aliphatic carbocycles. The molecule has 21 heavy (non-hydrogen) atoms. The summed E-state index contributed by atoms with van der Waals surface area (Å²) in [5, 5.41) is 0. The van der Waals surface area contributed by atoms with Gasteiger partial charge in [0.1, 0.15) is 12.4 Å². The van der Waals surface area contributed by atoms with Gasteiger partial charge < -0.3 is 10.5 Å². The van der Waals surface area contributed by atoms with Gasteiger partial charge in [0, 0.05) is 6.04 Å². The summed E-state index contributed by atoms with van der Waals surface area (Å²) in [6.45, 7) is 6.97. The SMILES string of the molecule is CCC(N)Cc1ccccc1OCc1ccc(C)c(C)c1. The second kappa shape index (κ2) is 7.28. The van der Waals surface area contributed by atoms with Gasteiger partial charge in [0.15, 0.2) is 0 Å². The van der Waals surface area contributed by atoms with Crippen LogP contribution < -0.4 is 10.5 Å². The monoisotopic (exact) mass is 283 g/mol. The number of aryl methyl sites for hydroxylation is 2. The van der Waals surface area contributed by atoms with Crippen LogP contribution in [0.4, 0.5) is 0 Å². The molecule has 0 bridgehead atoms. The number of hydrogen-bond donors (Lipinski definition) is 1. The lowest BCUT2D eigenvalue weighted by molar-refractivity contribution is 0.302. The van der Waals surface area contributed by atoms with Crippen LogP contribution in [0.15, 0.2) is 42.5 Å². The van der Waals surface area contributed by atoms with E-state index in [9.17, 15) is 0 Å². The van der Waals surface area contributed by atoms with Gasteiger partial charge in [-0.3, -0.25) is 0 Å². The quantitative estimate of drug-likeness (QED) is 0.864. The highest BCUT2D eigenvalue weighted by Gasteiger charge is 2.07. The minimum absolute atomic E-state index is 0.191. The van der Waals surface area contributed by atoms with Crippen LogP contribution in [0.5, 0.6) is 5.75 Å². The second-order valence-corrected chi connectivity index (χ2v) is 5.69. The van der Waals surface area contributed by atoms with E-state index in [4.69, 9.17) is 10.5 Å². The average Bonchev–Trinajstić information content (AvgIpc) is 2.49. The molecule has 0 aliphatic rings. The van der Waals surface area contributed by atoms with Crippen molar-refractivity contribution in [3.05, 3.63) is 64.7 Å². The van der Waals surface area contributed by atoms with Crippen LogP contribution in [0.2, 0.25) is 0 Å². The van der Waals surface area contributed by atoms with Crippen molar-refractivity contribution in [2.75, 3.05) is 0 Å². The van der Waals surface area contributed by atoms with Gasteiger partial charge in [0.2, 0.25) is 0 Å². The fourth-order valence-corrected chi connectivity index (χ4v) is 2.29. The molecule has 0 heterocycles. The van der Waals surface area contributed by atoms with Crippen LogP contribution in [-0.4, -0.2) is 6.04 Å². The normalized spacial score (nSPS) is 12.2. The summed E-state index contributed by atoms with van der Waals surface area (Å²) < 4.78 is 6.01. The highest BCUT2D eigenvalue weighted by atomic mass is 16.5. The molecule has 0 aromatic heterocycles. The van der Waals surface area contributed by atoms with Crippen LogP contribution in [-0.2, 0) is 13.0 Å². The zero-order valence-electron chi connectivity index (χ0n) is 13.2. The molecule has 0 radical (unpaired) electrons. The molecule has 0 fully saturated rings. The molecule has 2 aromatic rings. The second-order valence-electron chi connectivity index (χ2n) is 5.69. The fraction of sp³-hybridized carbons (Fsp3) is 0.368. The van der Waals surface area contributed by atoms with Gasteiger partial charge in [-0.2, -0.15) is 0 Å². The van der Waals surface area contributed by atoms with E-state index in [1.807, 2.05) is 18.2 Å². The number of ether oxygens (including phenoxy) is 1. The maximum atomic E-state index is 6.06. The van der Waals surface area contributed by atoms with Crippen molar-refractivity contribution >= 4 is 0 Å². The molecular weight excluding hydrogens is 258 g/mol. The summed E-state index contributed by atoms with van der Waals surface area (Å²) in [7, 11) is 0. The lowest BCUT2D eigenvalue weighted by Crippen LogP contribution is -2.21. The predicted octanol–water partition coefficient (Wildman–Crippen LogP) is 4.16. The molecule has 2 aromatic carbocycles. The third kappa shape index (κ3) is 4.33. The zero-order valence-corrected chi connectivity index (χ0v) is 13.2. The molecule has 0 spiro atoms. The van der Waals surface area contributed by atoms with Crippen molar-refractivity contribution < 1.29 is 4.74 Å². The Labute approximate surface area is 127 Å². The van der Waals surface area contributed by atoms with E-state index in [1.54, 1.807) is 0 Å². The van der Waals surface area contributed by atoms with Crippen molar-refractivity contribution in [2.45, 2.75) is 46.3 Å². The van der Waals surface area contributed by atoms with E-state index in [1.165, 1.54) is 22.3 Å². The summed E-state index contributed by atoms with van der Waals surface area (Å²) in [6, 6.07) is 14.8. The molecule has 2 rings (SSSR count). The summed E-state index contributed by atoms with van der Waals surface area (Å²) in [6.07, 6.45) is 1.84. The van der Waals surface area contributed by atoms with Gasteiger partial charge in [-0.25, -0.2) is 0 Å². The fourth-order valence-electron chi connectivity index (χ4n) is 2.29. The smallest absolute Gasteiger partial charge is 0.123 e. The Morgan fingerprint density at radius 1 is 1.05 bits per heavy atom. The maximum Gasteiger partial charge on any atom is 0.123 e. The van der Waals surface area contributed by atoms with Crippen molar-refractivity contribution in [1.29, 1.82) is 0 Å². The molecule has 2 nitrogen and oxygen atoms in total. The molecule has 0 saturated carbocycles. The van der Waals surface area contributed by atoms with Gasteiger partial charge in [0.05, 0.1) is 0 Å². The minimum atomic E-state index is 0.191. The van der Waals surface area contributed by atoms with Crippen LogP contribution in [0.25, 0.3) is 0 Å². The highest BCUT2D eigenvalue weighted by molar-refractivity contribution is 5.35.